The van der Waals surface area contributed by atoms with E-state index in [0.29, 0.717) is 28.1 Å². The summed E-state index contributed by atoms with van der Waals surface area (Å²) >= 11 is 0. The fourth-order valence-electron chi connectivity index (χ4n) is 8.42. The molecule has 0 amide bonds. The van der Waals surface area contributed by atoms with Crippen molar-refractivity contribution in [1.29, 1.82) is 0 Å². The predicted molar refractivity (Wildman–Crippen MR) is 232 cm³/mol. The van der Waals surface area contributed by atoms with Gasteiger partial charge in [0.2, 0.25) is 0 Å². The van der Waals surface area contributed by atoms with E-state index in [1.807, 2.05) is 66.7 Å². The van der Waals surface area contributed by atoms with Crippen molar-refractivity contribution in [2.75, 3.05) is 0 Å². The van der Waals surface area contributed by atoms with Gasteiger partial charge < -0.3 is 13.6 Å². The number of nitrogens with zero attached hydrogens (tertiary/aromatic N) is 5. The number of hydrogen-bond acceptors (Lipinski definition) is 4. The minimum Gasteiger partial charge on any atom is -0.456 e. The van der Waals surface area contributed by atoms with Crippen LogP contribution in [0.1, 0.15) is 6.85 Å². The van der Waals surface area contributed by atoms with Gasteiger partial charge in [-0.1, -0.05) is 139 Å². The second-order valence-electron chi connectivity index (χ2n) is 14.0. The lowest BCUT2D eigenvalue weighted by molar-refractivity contribution is 0.669. The monoisotopic (exact) mass is 734 g/mol. The van der Waals surface area contributed by atoms with E-state index >= 15 is 0 Å². The summed E-state index contributed by atoms with van der Waals surface area (Å²) in [6.07, 6.45) is 0. The molecule has 4 heterocycles. The Morgan fingerprint density at radius 1 is 0.421 bits per heavy atom. The molecule has 0 radical (unpaired) electrons. The van der Waals surface area contributed by atoms with E-state index in [4.69, 9.17) is 21.2 Å². The largest absolute Gasteiger partial charge is 0.456 e. The Balaban J connectivity index is 1.11. The van der Waals surface area contributed by atoms with Crippen LogP contribution < -0.4 is 0 Å². The number of para-hydroxylation sites is 3. The summed E-state index contributed by atoms with van der Waals surface area (Å²) in [5.41, 5.74) is 8.94. The molecule has 0 spiro atoms. The Hall–Kier alpha value is -7.83. The van der Waals surface area contributed by atoms with Crippen molar-refractivity contribution in [3.63, 3.8) is 0 Å². The highest BCUT2D eigenvalue weighted by molar-refractivity contribution is 6.24. The lowest BCUT2D eigenvalue weighted by Crippen LogP contribution is -2.00. The van der Waals surface area contributed by atoms with E-state index < -0.39 is 18.1 Å². The van der Waals surface area contributed by atoms with Crippen molar-refractivity contribution in [2.45, 2.75) is 0 Å². The fraction of sp³-hybridized carbons (Fsp3) is 0. The van der Waals surface area contributed by atoms with Crippen LogP contribution in [-0.4, -0.2) is 24.1 Å². The van der Waals surface area contributed by atoms with E-state index in [1.165, 1.54) is 5.39 Å². The minimum absolute atomic E-state index is 0.0246. The standard InChI is InChI=1S/C51H31N5O/c1-4-15-32(16-5-1)49-52-50(33-17-6-2-7-18-33)54-51(53-49)34-27-28-40-45(31-34)57-44-26-14-25-43(46(40)44)56-42-24-13-11-22-37(42)39-30-29-38-36-21-10-12-23-41(36)55(47(38)48(39)56)35-19-8-3-9-20-35/h1-31H/i1D,4D,5D,15D,16D. The van der Waals surface area contributed by atoms with Gasteiger partial charge in [-0.15, -0.1) is 0 Å². The molecule has 0 saturated heterocycles. The van der Waals surface area contributed by atoms with E-state index in [-0.39, 0.29) is 29.3 Å². The summed E-state index contributed by atoms with van der Waals surface area (Å²) in [4.78, 5) is 14.3. The first-order valence-corrected chi connectivity index (χ1v) is 18.7. The normalized spacial score (nSPS) is 13.1. The first kappa shape index (κ1) is 26.9. The Bertz CT molecular complexity index is 3790. The van der Waals surface area contributed by atoms with Crippen molar-refractivity contribution in [1.82, 2.24) is 24.1 Å². The second kappa shape index (κ2) is 12.3. The summed E-state index contributed by atoms with van der Waals surface area (Å²) in [7, 11) is 0. The number of fused-ring (bicyclic) bond motifs is 10. The van der Waals surface area contributed by atoms with E-state index in [9.17, 15) is 0 Å². The van der Waals surface area contributed by atoms with Crippen molar-refractivity contribution < 1.29 is 11.3 Å². The first-order chi connectivity index (χ1) is 30.4. The Labute approximate surface area is 333 Å². The maximum Gasteiger partial charge on any atom is 0.164 e. The SMILES string of the molecule is [2H]c1c([2H])c([2H])c(-c2nc(-c3ccccc3)nc(-c3ccc4c(c3)oc3cccc(-n5c6ccccc6c6ccc7c8ccccc8n(-c8ccccc8)c7c65)c34)n2)c([2H])c1[2H]. The molecule has 6 heteroatoms. The highest BCUT2D eigenvalue weighted by atomic mass is 16.3. The maximum atomic E-state index is 8.71. The smallest absolute Gasteiger partial charge is 0.164 e. The van der Waals surface area contributed by atoms with E-state index in [0.717, 1.165) is 60.4 Å². The van der Waals surface area contributed by atoms with Crippen LogP contribution in [0.5, 0.6) is 0 Å². The molecule has 0 bridgehead atoms. The van der Waals surface area contributed by atoms with Gasteiger partial charge in [0.25, 0.3) is 0 Å². The third-order valence-corrected chi connectivity index (χ3v) is 10.8. The van der Waals surface area contributed by atoms with Crippen molar-refractivity contribution in [3.8, 4) is 45.5 Å². The van der Waals surface area contributed by atoms with Gasteiger partial charge in [-0.05, 0) is 48.5 Å². The van der Waals surface area contributed by atoms with E-state index in [2.05, 4.69) is 105 Å². The van der Waals surface area contributed by atoms with Gasteiger partial charge in [0.15, 0.2) is 17.5 Å². The Morgan fingerprint density at radius 2 is 1.00 bits per heavy atom. The van der Waals surface area contributed by atoms with Gasteiger partial charge in [0.1, 0.15) is 11.2 Å². The number of aromatic nitrogens is 5. The van der Waals surface area contributed by atoms with Gasteiger partial charge >= 0.3 is 0 Å². The quantitative estimate of drug-likeness (QED) is 0.177. The average molecular weight is 735 g/mol. The van der Waals surface area contributed by atoms with E-state index in [1.54, 1.807) is 0 Å². The summed E-state index contributed by atoms with van der Waals surface area (Å²) in [6, 6.07) is 51.2. The molecule has 12 rings (SSSR count). The second-order valence-corrected chi connectivity index (χ2v) is 14.0. The molecule has 0 saturated carbocycles. The van der Waals surface area contributed by atoms with Crippen LogP contribution in [0.3, 0.4) is 0 Å². The van der Waals surface area contributed by atoms with Gasteiger partial charge in [-0.2, -0.15) is 0 Å². The molecular formula is C51H31N5O. The number of rotatable bonds is 5. The first-order valence-electron chi connectivity index (χ1n) is 21.2. The molecular weight excluding hydrogens is 699 g/mol. The Kier molecular flexibility index (Phi) is 5.82. The molecule has 12 aromatic rings. The highest BCUT2D eigenvalue weighted by Crippen LogP contribution is 2.44. The van der Waals surface area contributed by atoms with Crippen molar-refractivity contribution in [3.05, 3.63) is 188 Å². The lowest BCUT2D eigenvalue weighted by atomic mass is 10.1. The lowest BCUT2D eigenvalue weighted by Gasteiger charge is -2.13. The molecule has 0 aliphatic heterocycles. The zero-order valence-electron chi connectivity index (χ0n) is 35.2. The third kappa shape index (κ3) is 4.81. The Morgan fingerprint density at radius 3 is 1.72 bits per heavy atom. The maximum absolute atomic E-state index is 8.71. The minimum atomic E-state index is -0.486. The number of furan rings is 1. The summed E-state index contributed by atoms with van der Waals surface area (Å²) in [6.45, 7) is 0. The van der Waals surface area contributed by atoms with Crippen LogP contribution in [0.4, 0.5) is 0 Å². The molecule has 0 aliphatic carbocycles. The van der Waals surface area contributed by atoms with Crippen molar-refractivity contribution >= 4 is 65.6 Å². The summed E-state index contributed by atoms with van der Waals surface area (Å²) in [5, 5.41) is 6.44. The van der Waals surface area contributed by atoms with Crippen molar-refractivity contribution in [2.24, 2.45) is 0 Å². The third-order valence-electron chi connectivity index (χ3n) is 10.8. The van der Waals surface area contributed by atoms with Crippen LogP contribution in [0, 0.1) is 0 Å². The summed E-state index contributed by atoms with van der Waals surface area (Å²) in [5.74, 6) is 0.542. The van der Waals surface area contributed by atoms with Crippen LogP contribution >= 0.6 is 0 Å². The topological polar surface area (TPSA) is 61.7 Å². The van der Waals surface area contributed by atoms with Gasteiger partial charge in [0.05, 0.1) is 40.0 Å². The van der Waals surface area contributed by atoms with Crippen LogP contribution in [0.15, 0.2) is 192 Å². The van der Waals surface area contributed by atoms with Gasteiger partial charge in [-0.3, -0.25) is 0 Å². The van der Waals surface area contributed by atoms with Crippen LogP contribution in [-0.2, 0) is 0 Å². The zero-order valence-corrected chi connectivity index (χ0v) is 30.2. The molecule has 0 N–H and O–H groups in total. The van der Waals surface area contributed by atoms with Crippen LogP contribution in [0.25, 0.3) is 111 Å². The predicted octanol–water partition coefficient (Wildman–Crippen LogP) is 13.0. The zero-order chi connectivity index (χ0) is 41.8. The van der Waals surface area contributed by atoms with Gasteiger partial charge in [-0.25, -0.2) is 15.0 Å². The molecule has 0 atom stereocenters. The highest BCUT2D eigenvalue weighted by Gasteiger charge is 2.23. The number of benzene rings is 8. The van der Waals surface area contributed by atoms with Crippen LogP contribution in [0.2, 0.25) is 0 Å². The fourth-order valence-corrected chi connectivity index (χ4v) is 8.42. The van der Waals surface area contributed by atoms with Gasteiger partial charge in [0, 0.05) is 49.3 Å². The molecule has 4 aromatic heterocycles. The molecule has 8 aromatic carbocycles. The molecule has 266 valence electrons. The molecule has 57 heavy (non-hydrogen) atoms. The summed E-state index contributed by atoms with van der Waals surface area (Å²) < 4.78 is 53.7. The number of hydrogen-bond donors (Lipinski definition) is 0. The molecule has 0 unspecified atom stereocenters. The molecule has 0 fully saturated rings. The molecule has 0 aliphatic rings. The molecule has 6 nitrogen and oxygen atoms in total. The average Bonchev–Trinajstić information content (AvgIpc) is 3.98.